The van der Waals surface area contributed by atoms with Crippen LogP contribution in [0.4, 0.5) is 20.3 Å². The number of carbonyl (C=O) groups excluding carboxylic acids is 1. The normalized spacial score (nSPS) is 10.3. The van der Waals surface area contributed by atoms with Gasteiger partial charge in [-0.05, 0) is 9.91 Å². The van der Waals surface area contributed by atoms with Crippen LogP contribution in [0.25, 0.3) is 0 Å². The monoisotopic (exact) mass is 217 g/mol. The summed E-state index contributed by atoms with van der Waals surface area (Å²) in [4.78, 5) is 22.9. The van der Waals surface area contributed by atoms with Gasteiger partial charge in [0.15, 0.2) is 6.29 Å². The fourth-order valence-electron chi connectivity index (χ4n) is 0.961. The summed E-state index contributed by atoms with van der Waals surface area (Å²) in [5.41, 5.74) is 3.17. The predicted molar refractivity (Wildman–Crippen MR) is 45.6 cm³/mol. The molecule has 0 aromatic carbocycles. The Kier molecular flexibility index (Phi) is 2.88. The van der Waals surface area contributed by atoms with E-state index in [1.165, 1.54) is 0 Å². The Bertz CT molecular complexity index is 422. The first-order valence-electron chi connectivity index (χ1n) is 3.65. The molecule has 1 rings (SSSR count). The summed E-state index contributed by atoms with van der Waals surface area (Å²) >= 11 is 0. The van der Waals surface area contributed by atoms with Crippen LogP contribution in [0.2, 0.25) is 0 Å². The molecule has 0 aliphatic carbocycles. The van der Waals surface area contributed by atoms with Gasteiger partial charge < -0.3 is 15.8 Å². The van der Waals surface area contributed by atoms with Crippen LogP contribution in [0.3, 0.4) is 0 Å². The lowest BCUT2D eigenvalue weighted by molar-refractivity contribution is -0.388. The molecule has 0 spiro atoms. The van der Waals surface area contributed by atoms with Crippen molar-refractivity contribution in [1.82, 2.24) is 4.98 Å². The van der Waals surface area contributed by atoms with Crippen LogP contribution in [-0.2, 0) is 0 Å². The highest BCUT2D eigenvalue weighted by molar-refractivity contribution is 5.75. The average molecular weight is 217 g/mol. The van der Waals surface area contributed by atoms with Crippen LogP contribution in [-0.4, -0.2) is 16.2 Å². The van der Waals surface area contributed by atoms with Crippen LogP contribution < -0.4 is 5.73 Å². The summed E-state index contributed by atoms with van der Waals surface area (Å²) in [6.45, 7) is 0. The molecule has 0 amide bonds. The number of halogens is 2. The zero-order valence-electron chi connectivity index (χ0n) is 7.18. The number of hydrogen-bond acceptors (Lipinski definition) is 5. The van der Waals surface area contributed by atoms with Crippen molar-refractivity contribution in [3.8, 4) is 0 Å². The fourth-order valence-corrected chi connectivity index (χ4v) is 0.961. The van der Waals surface area contributed by atoms with Crippen LogP contribution in [0.1, 0.15) is 22.5 Å². The Labute approximate surface area is 81.9 Å². The maximum atomic E-state index is 12.3. The third-order valence-corrected chi connectivity index (χ3v) is 1.62. The molecular formula is C7H5F2N3O3. The van der Waals surface area contributed by atoms with E-state index in [4.69, 9.17) is 5.73 Å². The maximum Gasteiger partial charge on any atom is 0.387 e. The van der Waals surface area contributed by atoms with E-state index < -0.39 is 34.1 Å². The number of nitrogens with two attached hydrogens (primary N) is 1. The van der Waals surface area contributed by atoms with E-state index >= 15 is 0 Å². The number of alkyl halides is 2. The summed E-state index contributed by atoms with van der Waals surface area (Å²) in [5.74, 6) is -0.935. The van der Waals surface area contributed by atoms with E-state index in [2.05, 4.69) is 4.98 Å². The number of pyridine rings is 1. The Hall–Kier alpha value is -2.12. The second kappa shape index (κ2) is 3.95. The second-order valence-electron chi connectivity index (χ2n) is 2.55. The van der Waals surface area contributed by atoms with Gasteiger partial charge in [-0.2, -0.15) is 0 Å². The number of aromatic nitrogens is 1. The van der Waals surface area contributed by atoms with E-state index in [9.17, 15) is 23.7 Å². The van der Waals surface area contributed by atoms with Crippen molar-refractivity contribution < 1.29 is 18.5 Å². The van der Waals surface area contributed by atoms with Crippen LogP contribution >= 0.6 is 0 Å². The van der Waals surface area contributed by atoms with Gasteiger partial charge in [-0.25, -0.2) is 8.78 Å². The molecule has 0 atom stereocenters. The molecule has 0 saturated carbocycles. The van der Waals surface area contributed by atoms with E-state index in [1.54, 1.807) is 0 Å². The molecule has 2 N–H and O–H groups in total. The zero-order valence-corrected chi connectivity index (χ0v) is 7.18. The van der Waals surface area contributed by atoms with Crippen molar-refractivity contribution in [3.05, 3.63) is 27.4 Å². The highest BCUT2D eigenvalue weighted by Crippen LogP contribution is 2.30. The third-order valence-electron chi connectivity index (χ3n) is 1.62. The van der Waals surface area contributed by atoms with E-state index in [1.807, 2.05) is 0 Å². The summed E-state index contributed by atoms with van der Waals surface area (Å²) in [5, 5.41) is 10.4. The van der Waals surface area contributed by atoms with Gasteiger partial charge in [-0.15, -0.1) is 0 Å². The fraction of sp³-hybridized carbons (Fsp3) is 0.143. The lowest BCUT2D eigenvalue weighted by Crippen LogP contribution is -2.05. The lowest BCUT2D eigenvalue weighted by Gasteiger charge is -2.03. The van der Waals surface area contributed by atoms with Gasteiger partial charge in [-0.1, -0.05) is 0 Å². The minimum absolute atomic E-state index is 0.137. The number of carbonyl (C=O) groups is 1. The molecule has 0 bridgehead atoms. The SMILES string of the molecule is Nc1c(C(F)F)cc(C=O)nc1[N+](=O)[O-]. The Morgan fingerprint density at radius 1 is 1.60 bits per heavy atom. The van der Waals surface area contributed by atoms with Gasteiger partial charge in [0.25, 0.3) is 6.43 Å². The molecule has 0 aliphatic heterocycles. The lowest BCUT2D eigenvalue weighted by atomic mass is 10.2. The number of rotatable bonds is 3. The van der Waals surface area contributed by atoms with Gasteiger partial charge in [0, 0.05) is 6.07 Å². The Balaban J connectivity index is 3.46. The zero-order chi connectivity index (χ0) is 11.6. The molecule has 0 fully saturated rings. The molecule has 0 saturated heterocycles. The largest absolute Gasteiger partial charge is 0.391 e. The molecule has 8 heteroatoms. The van der Waals surface area contributed by atoms with Gasteiger partial charge >= 0.3 is 5.82 Å². The standard InChI is InChI=1S/C7H5F2N3O3/c8-6(9)4-1-3(2-13)11-7(5(4)10)12(14)15/h1-2,6H,10H2. The smallest absolute Gasteiger partial charge is 0.387 e. The van der Waals surface area contributed by atoms with Crippen LogP contribution in [0, 0.1) is 10.1 Å². The molecule has 0 unspecified atom stereocenters. The van der Waals surface area contributed by atoms with Crippen LogP contribution in [0.5, 0.6) is 0 Å². The molecule has 1 aromatic heterocycles. The van der Waals surface area contributed by atoms with Gasteiger partial charge in [0.05, 0.1) is 5.56 Å². The average Bonchev–Trinajstić information content (AvgIpc) is 2.17. The van der Waals surface area contributed by atoms with E-state index in [0.29, 0.717) is 0 Å². The molecular weight excluding hydrogens is 212 g/mol. The van der Waals surface area contributed by atoms with Crippen LogP contribution in [0.15, 0.2) is 6.07 Å². The molecule has 0 radical (unpaired) electrons. The van der Waals surface area contributed by atoms with Crippen molar-refractivity contribution in [2.45, 2.75) is 6.43 Å². The molecule has 6 nitrogen and oxygen atoms in total. The summed E-state index contributed by atoms with van der Waals surface area (Å²) in [6, 6.07) is 0.722. The maximum absolute atomic E-state index is 12.3. The predicted octanol–water partition coefficient (Wildman–Crippen LogP) is 1.32. The topological polar surface area (TPSA) is 99.1 Å². The molecule has 80 valence electrons. The molecule has 15 heavy (non-hydrogen) atoms. The van der Waals surface area contributed by atoms with Gasteiger partial charge in [0.2, 0.25) is 5.69 Å². The number of hydrogen-bond donors (Lipinski definition) is 1. The van der Waals surface area contributed by atoms with Crippen molar-refractivity contribution in [1.29, 1.82) is 0 Å². The van der Waals surface area contributed by atoms with Gasteiger partial charge in [0.1, 0.15) is 5.69 Å². The molecule has 1 heterocycles. The van der Waals surface area contributed by atoms with Crippen molar-refractivity contribution in [2.24, 2.45) is 0 Å². The highest BCUT2D eigenvalue weighted by atomic mass is 19.3. The number of anilines is 1. The minimum atomic E-state index is -3.00. The number of nitro groups is 1. The molecule has 0 aliphatic rings. The Morgan fingerprint density at radius 2 is 2.20 bits per heavy atom. The minimum Gasteiger partial charge on any atom is -0.391 e. The summed E-state index contributed by atoms with van der Waals surface area (Å²) < 4.78 is 24.7. The van der Waals surface area contributed by atoms with Crippen molar-refractivity contribution >= 4 is 17.8 Å². The van der Waals surface area contributed by atoms with Gasteiger partial charge in [-0.3, -0.25) is 4.79 Å². The first-order chi connectivity index (χ1) is 6.97. The molecule has 1 aromatic rings. The van der Waals surface area contributed by atoms with Crippen molar-refractivity contribution in [3.63, 3.8) is 0 Å². The Morgan fingerprint density at radius 3 is 2.60 bits per heavy atom. The first kappa shape index (κ1) is 11.0. The van der Waals surface area contributed by atoms with E-state index in [-0.39, 0.29) is 6.29 Å². The van der Waals surface area contributed by atoms with E-state index in [0.717, 1.165) is 6.07 Å². The second-order valence-corrected chi connectivity index (χ2v) is 2.55. The van der Waals surface area contributed by atoms with Crippen molar-refractivity contribution in [2.75, 3.05) is 5.73 Å². The number of aldehydes is 1. The number of nitrogens with zero attached hydrogens (tertiary/aromatic N) is 2. The third kappa shape index (κ3) is 2.03. The number of nitrogen functional groups attached to an aromatic ring is 1. The summed E-state index contributed by atoms with van der Waals surface area (Å²) in [7, 11) is 0. The summed E-state index contributed by atoms with van der Waals surface area (Å²) in [6.07, 6.45) is -2.86. The quantitative estimate of drug-likeness (QED) is 0.467. The first-order valence-corrected chi connectivity index (χ1v) is 3.65. The highest BCUT2D eigenvalue weighted by Gasteiger charge is 2.24.